The number of benzene rings is 2. The molecule has 0 saturated carbocycles. The molecule has 2 aromatic carbocycles. The van der Waals surface area contributed by atoms with Crippen molar-refractivity contribution in [1.82, 2.24) is 9.97 Å². The van der Waals surface area contributed by atoms with Crippen LogP contribution in [0.2, 0.25) is 0 Å². The fourth-order valence-electron chi connectivity index (χ4n) is 4.48. The van der Waals surface area contributed by atoms with Crippen molar-refractivity contribution in [3.63, 3.8) is 0 Å². The van der Waals surface area contributed by atoms with E-state index in [4.69, 9.17) is 20.9 Å². The van der Waals surface area contributed by atoms with Crippen LogP contribution in [0.15, 0.2) is 85.2 Å². The molecule has 6 N–H and O–H groups in total. The SMILES string of the molecule is CC/C=C\CCOC(=O)[C@@H](N)Cc1c[nH]c2ccccc12.CC/C=C\CCOC(=O)[C@@H](N)Cc1c[nH]c2ccccc12.Cl.Cl. The molecule has 4 rings (SSSR count). The number of nitrogens with two attached hydrogens (primary N) is 2. The maximum Gasteiger partial charge on any atom is 0.323 e. The number of hydrogen-bond donors (Lipinski definition) is 4. The van der Waals surface area contributed by atoms with Crippen molar-refractivity contribution in [3.8, 4) is 0 Å². The van der Waals surface area contributed by atoms with Gasteiger partial charge >= 0.3 is 11.9 Å². The van der Waals surface area contributed by atoms with Gasteiger partial charge in [-0.1, -0.05) is 74.5 Å². The first-order valence-corrected chi connectivity index (χ1v) is 14.7. The lowest BCUT2D eigenvalue weighted by Gasteiger charge is -2.10. The standard InChI is InChI=1S/2C17H22N2O2.2ClH/c2*1-2-3-4-7-10-21-17(20)15(18)11-13-12-19-16-9-6-5-8-14(13)16;;/h2*3-6,8-9,12,15,19H,2,7,10-11,18H2,1H3;2*1H/b2*4-3-;;/t2*15-;;/m00../s1. The van der Waals surface area contributed by atoms with E-state index in [0.29, 0.717) is 26.1 Å². The summed E-state index contributed by atoms with van der Waals surface area (Å²) in [6.07, 6.45) is 16.4. The van der Waals surface area contributed by atoms with Gasteiger partial charge in [0.25, 0.3) is 0 Å². The summed E-state index contributed by atoms with van der Waals surface area (Å²) in [7, 11) is 0. The summed E-state index contributed by atoms with van der Waals surface area (Å²) in [4.78, 5) is 30.1. The van der Waals surface area contributed by atoms with E-state index >= 15 is 0 Å². The van der Waals surface area contributed by atoms with Crippen LogP contribution in [0.1, 0.15) is 50.7 Å². The fourth-order valence-corrected chi connectivity index (χ4v) is 4.48. The number of allylic oxidation sites excluding steroid dienone is 2. The van der Waals surface area contributed by atoms with Crippen LogP contribution < -0.4 is 11.5 Å². The zero-order chi connectivity index (χ0) is 30.2. The number of H-pyrrole nitrogens is 2. The highest BCUT2D eigenvalue weighted by Crippen LogP contribution is 2.20. The number of halogens is 2. The van der Waals surface area contributed by atoms with Crippen LogP contribution in [0, 0.1) is 0 Å². The number of esters is 2. The Morgan fingerprint density at radius 1 is 0.682 bits per heavy atom. The third-order valence-electron chi connectivity index (χ3n) is 6.70. The van der Waals surface area contributed by atoms with Crippen LogP contribution in [0.5, 0.6) is 0 Å². The zero-order valence-electron chi connectivity index (χ0n) is 25.5. The quantitative estimate of drug-likeness (QED) is 0.0683. The van der Waals surface area contributed by atoms with Gasteiger partial charge in [-0.3, -0.25) is 9.59 Å². The molecule has 4 aromatic rings. The molecule has 0 amide bonds. The molecule has 0 fully saturated rings. The van der Waals surface area contributed by atoms with E-state index in [0.717, 1.165) is 58.6 Å². The highest BCUT2D eigenvalue weighted by molar-refractivity contribution is 5.86. The van der Waals surface area contributed by atoms with Gasteiger partial charge in [0.15, 0.2) is 0 Å². The molecule has 44 heavy (non-hydrogen) atoms. The zero-order valence-corrected chi connectivity index (χ0v) is 27.1. The molecule has 0 radical (unpaired) electrons. The number of para-hydroxylation sites is 2. The molecule has 0 spiro atoms. The number of nitrogens with one attached hydrogen (secondary N) is 2. The number of ether oxygens (including phenoxy) is 2. The minimum atomic E-state index is -0.626. The number of fused-ring (bicyclic) bond motifs is 2. The number of aromatic amines is 2. The van der Waals surface area contributed by atoms with Gasteiger partial charge in [0.2, 0.25) is 0 Å². The lowest BCUT2D eigenvalue weighted by Crippen LogP contribution is -2.34. The van der Waals surface area contributed by atoms with E-state index in [2.05, 4.69) is 36.0 Å². The molecule has 0 aliphatic rings. The largest absolute Gasteiger partial charge is 0.464 e. The third kappa shape index (κ3) is 12.2. The van der Waals surface area contributed by atoms with Crippen molar-refractivity contribution < 1.29 is 19.1 Å². The summed E-state index contributed by atoms with van der Waals surface area (Å²) in [5.41, 5.74) is 16.1. The molecular formula is C34H46Cl2N4O4. The van der Waals surface area contributed by atoms with Gasteiger partial charge in [-0.15, -0.1) is 24.8 Å². The van der Waals surface area contributed by atoms with E-state index in [1.54, 1.807) is 0 Å². The van der Waals surface area contributed by atoms with Crippen molar-refractivity contribution >= 4 is 58.6 Å². The van der Waals surface area contributed by atoms with E-state index in [1.165, 1.54) is 0 Å². The Balaban J connectivity index is 0.000000421. The Morgan fingerprint density at radius 3 is 1.45 bits per heavy atom. The smallest absolute Gasteiger partial charge is 0.323 e. The van der Waals surface area contributed by atoms with Crippen molar-refractivity contribution in [2.75, 3.05) is 13.2 Å². The molecule has 0 aliphatic heterocycles. The van der Waals surface area contributed by atoms with Crippen LogP contribution in [0.25, 0.3) is 21.8 Å². The van der Waals surface area contributed by atoms with Crippen LogP contribution in [-0.2, 0) is 31.9 Å². The maximum atomic E-state index is 11.9. The van der Waals surface area contributed by atoms with Crippen molar-refractivity contribution in [3.05, 3.63) is 96.4 Å². The molecule has 0 bridgehead atoms. The van der Waals surface area contributed by atoms with Gasteiger partial charge in [-0.25, -0.2) is 0 Å². The molecule has 2 atom stereocenters. The summed E-state index contributed by atoms with van der Waals surface area (Å²) >= 11 is 0. The number of hydrogen-bond acceptors (Lipinski definition) is 6. The minimum Gasteiger partial charge on any atom is -0.464 e. The van der Waals surface area contributed by atoms with Crippen LogP contribution >= 0.6 is 24.8 Å². The number of rotatable bonds is 14. The summed E-state index contributed by atoms with van der Waals surface area (Å²) in [6.45, 7) is 4.91. The molecule has 240 valence electrons. The average Bonchev–Trinajstić information content (AvgIpc) is 3.61. The second-order valence-corrected chi connectivity index (χ2v) is 10.0. The Morgan fingerprint density at radius 2 is 1.07 bits per heavy atom. The van der Waals surface area contributed by atoms with Crippen LogP contribution in [0.3, 0.4) is 0 Å². The highest BCUT2D eigenvalue weighted by Gasteiger charge is 2.18. The molecule has 2 heterocycles. The highest BCUT2D eigenvalue weighted by atomic mass is 35.5. The first-order valence-electron chi connectivity index (χ1n) is 14.7. The molecule has 10 heteroatoms. The van der Waals surface area contributed by atoms with Crippen LogP contribution in [0.4, 0.5) is 0 Å². The Labute approximate surface area is 272 Å². The van der Waals surface area contributed by atoms with E-state index in [1.807, 2.05) is 73.1 Å². The minimum absolute atomic E-state index is 0. The average molecular weight is 646 g/mol. The topological polar surface area (TPSA) is 136 Å². The summed E-state index contributed by atoms with van der Waals surface area (Å²) < 4.78 is 10.4. The van der Waals surface area contributed by atoms with Gasteiger partial charge in [0, 0.05) is 47.0 Å². The molecule has 0 aliphatic carbocycles. The molecular weight excluding hydrogens is 599 g/mol. The second-order valence-electron chi connectivity index (χ2n) is 10.0. The Hall–Kier alpha value is -3.56. The van der Waals surface area contributed by atoms with Gasteiger partial charge in [0.1, 0.15) is 12.1 Å². The number of carbonyl (C=O) groups excluding carboxylic acids is 2. The van der Waals surface area contributed by atoms with Crippen LogP contribution in [-0.4, -0.2) is 47.2 Å². The first kappa shape index (κ1) is 38.5. The van der Waals surface area contributed by atoms with E-state index < -0.39 is 12.1 Å². The monoisotopic (exact) mass is 644 g/mol. The second kappa shape index (κ2) is 21.2. The molecule has 8 nitrogen and oxygen atoms in total. The van der Waals surface area contributed by atoms with Gasteiger partial charge in [-0.05, 0) is 48.9 Å². The fraction of sp³-hybridized carbons (Fsp3) is 0.353. The Bertz CT molecular complexity index is 1350. The number of aromatic nitrogens is 2. The molecule has 0 saturated heterocycles. The maximum absolute atomic E-state index is 11.9. The lowest BCUT2D eigenvalue weighted by atomic mass is 10.1. The van der Waals surface area contributed by atoms with E-state index in [9.17, 15) is 9.59 Å². The van der Waals surface area contributed by atoms with Crippen molar-refractivity contribution in [1.29, 1.82) is 0 Å². The predicted octanol–water partition coefficient (Wildman–Crippen LogP) is 6.72. The van der Waals surface area contributed by atoms with E-state index in [-0.39, 0.29) is 36.8 Å². The number of carbonyl (C=O) groups is 2. The van der Waals surface area contributed by atoms with Gasteiger partial charge in [-0.2, -0.15) is 0 Å². The van der Waals surface area contributed by atoms with Crippen molar-refractivity contribution in [2.45, 2.75) is 64.5 Å². The normalized spacial score (nSPS) is 12.3. The lowest BCUT2D eigenvalue weighted by molar-refractivity contribution is -0.145. The molecule has 2 aromatic heterocycles. The predicted molar refractivity (Wildman–Crippen MR) is 184 cm³/mol. The van der Waals surface area contributed by atoms with Gasteiger partial charge < -0.3 is 30.9 Å². The third-order valence-corrected chi connectivity index (χ3v) is 6.70. The Kier molecular flexibility index (Phi) is 18.5. The summed E-state index contributed by atoms with van der Waals surface area (Å²) in [6, 6.07) is 14.7. The summed E-state index contributed by atoms with van der Waals surface area (Å²) in [5, 5.41) is 2.21. The first-order chi connectivity index (χ1) is 20.4. The molecule has 0 unspecified atom stereocenters. The summed E-state index contributed by atoms with van der Waals surface area (Å²) in [5.74, 6) is -0.685. The van der Waals surface area contributed by atoms with Gasteiger partial charge in [0.05, 0.1) is 13.2 Å². The van der Waals surface area contributed by atoms with Crippen molar-refractivity contribution in [2.24, 2.45) is 11.5 Å².